The highest BCUT2D eigenvalue weighted by atomic mass is 16.5. The van der Waals surface area contributed by atoms with E-state index in [0.29, 0.717) is 25.3 Å². The third-order valence-corrected chi connectivity index (χ3v) is 4.85. The van der Waals surface area contributed by atoms with Gasteiger partial charge in [-0.3, -0.25) is 9.89 Å². The zero-order valence-electron chi connectivity index (χ0n) is 16.7. The average molecular weight is 377 g/mol. The van der Waals surface area contributed by atoms with Crippen LogP contribution >= 0.6 is 0 Å². The van der Waals surface area contributed by atoms with E-state index < -0.39 is 0 Å². The summed E-state index contributed by atoms with van der Waals surface area (Å²) >= 11 is 0. The summed E-state index contributed by atoms with van der Waals surface area (Å²) in [6, 6.07) is 6.71. The molecule has 3 rings (SSSR count). The van der Waals surface area contributed by atoms with Crippen LogP contribution in [0.5, 0.6) is 11.5 Å². The molecule has 27 heavy (non-hydrogen) atoms. The molecule has 2 aliphatic heterocycles. The molecule has 2 unspecified atom stereocenters. The highest BCUT2D eigenvalue weighted by molar-refractivity contribution is 5.93. The lowest BCUT2D eigenvalue weighted by Crippen LogP contribution is -2.49. The highest BCUT2D eigenvalue weighted by Gasteiger charge is 2.23. The molecule has 0 aliphatic carbocycles. The second-order valence-corrected chi connectivity index (χ2v) is 7.07. The lowest BCUT2D eigenvalue weighted by atomic mass is 10.2. The quantitative estimate of drug-likeness (QED) is 0.607. The maximum atomic E-state index is 5.78. The number of nitrogens with one attached hydrogen (secondary N) is 2. The number of benzene rings is 1. The Morgan fingerprint density at radius 2 is 2.07 bits per heavy atom. The lowest BCUT2D eigenvalue weighted by Gasteiger charge is -2.37. The minimum atomic E-state index is 0.364. The van der Waals surface area contributed by atoms with E-state index in [2.05, 4.69) is 36.3 Å². The van der Waals surface area contributed by atoms with Crippen LogP contribution < -0.4 is 20.1 Å². The number of hydrogen-bond donors (Lipinski definition) is 2. The normalized spacial score (nSPS) is 22.0. The predicted molar refractivity (Wildman–Crippen MR) is 108 cm³/mol. The largest absolute Gasteiger partial charge is 0.490 e. The minimum absolute atomic E-state index is 0.364. The van der Waals surface area contributed by atoms with Crippen molar-refractivity contribution < 1.29 is 14.2 Å². The smallest absolute Gasteiger partial charge is 0.195 e. The first-order chi connectivity index (χ1) is 13.2. The Kier molecular flexibility index (Phi) is 7.18. The van der Waals surface area contributed by atoms with Crippen molar-refractivity contribution >= 4 is 11.6 Å². The van der Waals surface area contributed by atoms with E-state index in [1.165, 1.54) is 0 Å². The van der Waals surface area contributed by atoms with Crippen LogP contribution in [-0.4, -0.2) is 69.0 Å². The van der Waals surface area contributed by atoms with Crippen molar-refractivity contribution in [2.45, 2.75) is 39.3 Å². The molecule has 7 nitrogen and oxygen atoms in total. The Balaban J connectivity index is 1.64. The standard InChI is InChI=1S/C20H32N4O3/c1-4-21-20(22-13-15(2)24-8-11-25-14-16(24)3)23-17-6-7-18-19(12-17)27-10-5-9-26-18/h6-7,12,15-16H,4-5,8-11,13-14H2,1-3H3,(H2,21,22,23). The highest BCUT2D eigenvalue weighted by Crippen LogP contribution is 2.32. The van der Waals surface area contributed by atoms with Crippen LogP contribution in [0.1, 0.15) is 27.2 Å². The molecule has 2 N–H and O–H groups in total. The first-order valence-electron chi connectivity index (χ1n) is 9.96. The molecule has 0 radical (unpaired) electrons. The van der Waals surface area contributed by atoms with Crippen molar-refractivity contribution in [3.8, 4) is 11.5 Å². The molecular formula is C20H32N4O3. The van der Waals surface area contributed by atoms with Gasteiger partial charge in [-0.1, -0.05) is 0 Å². The number of nitrogens with zero attached hydrogens (tertiary/aromatic N) is 2. The van der Waals surface area contributed by atoms with Gasteiger partial charge in [0.1, 0.15) is 0 Å². The van der Waals surface area contributed by atoms with Gasteiger partial charge in [-0.05, 0) is 32.9 Å². The van der Waals surface area contributed by atoms with Crippen LogP contribution in [0.25, 0.3) is 0 Å². The van der Waals surface area contributed by atoms with Gasteiger partial charge in [0.25, 0.3) is 0 Å². The van der Waals surface area contributed by atoms with Crippen molar-refractivity contribution in [1.82, 2.24) is 10.2 Å². The molecule has 7 heteroatoms. The van der Waals surface area contributed by atoms with Crippen LogP contribution in [0, 0.1) is 0 Å². The molecule has 2 aliphatic rings. The molecule has 0 bridgehead atoms. The number of rotatable bonds is 5. The number of fused-ring (bicyclic) bond motifs is 1. The monoisotopic (exact) mass is 376 g/mol. The topological polar surface area (TPSA) is 67.4 Å². The number of anilines is 1. The van der Waals surface area contributed by atoms with E-state index in [-0.39, 0.29) is 0 Å². The van der Waals surface area contributed by atoms with Gasteiger partial charge in [-0.25, -0.2) is 0 Å². The molecular weight excluding hydrogens is 344 g/mol. The summed E-state index contributed by atoms with van der Waals surface area (Å²) in [5, 5.41) is 6.70. The number of morpholine rings is 1. The first-order valence-corrected chi connectivity index (χ1v) is 9.96. The summed E-state index contributed by atoms with van der Waals surface area (Å²) in [4.78, 5) is 7.25. The molecule has 0 aromatic heterocycles. The summed E-state index contributed by atoms with van der Waals surface area (Å²) in [7, 11) is 0. The first kappa shape index (κ1) is 19.8. The van der Waals surface area contributed by atoms with E-state index in [9.17, 15) is 0 Å². The van der Waals surface area contributed by atoms with Gasteiger partial charge in [-0.2, -0.15) is 0 Å². The van der Waals surface area contributed by atoms with Crippen molar-refractivity contribution in [1.29, 1.82) is 0 Å². The molecule has 0 amide bonds. The predicted octanol–water partition coefficient (Wildman–Crippen LogP) is 2.33. The van der Waals surface area contributed by atoms with Crippen LogP contribution in [0.3, 0.4) is 0 Å². The summed E-state index contributed by atoms with van der Waals surface area (Å²) in [5.41, 5.74) is 0.936. The third kappa shape index (κ3) is 5.49. The molecule has 0 saturated carbocycles. The van der Waals surface area contributed by atoms with Gasteiger partial charge in [-0.15, -0.1) is 0 Å². The average Bonchev–Trinajstić information content (AvgIpc) is 2.91. The Bertz CT molecular complexity index is 638. The maximum absolute atomic E-state index is 5.78. The Labute approximate surface area is 162 Å². The molecule has 0 spiro atoms. The van der Waals surface area contributed by atoms with E-state index >= 15 is 0 Å². The van der Waals surface area contributed by atoms with E-state index in [1.807, 2.05) is 18.2 Å². The second-order valence-electron chi connectivity index (χ2n) is 7.07. The van der Waals surface area contributed by atoms with Gasteiger partial charge in [0.2, 0.25) is 0 Å². The van der Waals surface area contributed by atoms with Gasteiger partial charge in [0.15, 0.2) is 17.5 Å². The molecule has 1 aromatic carbocycles. The molecule has 2 atom stereocenters. The second kappa shape index (κ2) is 9.80. The Hall–Kier alpha value is -1.99. The Morgan fingerprint density at radius 3 is 2.85 bits per heavy atom. The molecule has 150 valence electrons. The van der Waals surface area contributed by atoms with Crippen molar-refractivity contribution in [2.24, 2.45) is 4.99 Å². The van der Waals surface area contributed by atoms with Gasteiger partial charge >= 0.3 is 0 Å². The van der Waals surface area contributed by atoms with Crippen molar-refractivity contribution in [3.63, 3.8) is 0 Å². The fourth-order valence-corrected chi connectivity index (χ4v) is 3.41. The van der Waals surface area contributed by atoms with Crippen molar-refractivity contribution in [2.75, 3.05) is 51.4 Å². The fraction of sp³-hybridized carbons (Fsp3) is 0.650. The molecule has 1 aromatic rings. The van der Waals surface area contributed by atoms with E-state index in [4.69, 9.17) is 19.2 Å². The van der Waals surface area contributed by atoms with Crippen LogP contribution in [0.15, 0.2) is 23.2 Å². The number of ether oxygens (including phenoxy) is 3. The zero-order valence-corrected chi connectivity index (χ0v) is 16.7. The number of hydrogen-bond acceptors (Lipinski definition) is 5. The molecule has 1 fully saturated rings. The number of aliphatic imine (C=N–C) groups is 1. The zero-order chi connectivity index (χ0) is 19.1. The maximum Gasteiger partial charge on any atom is 0.195 e. The Morgan fingerprint density at radius 1 is 1.26 bits per heavy atom. The SMILES string of the molecule is CCNC(=NCC(C)N1CCOCC1C)Nc1ccc2c(c1)OCCCO2. The summed E-state index contributed by atoms with van der Waals surface area (Å²) in [5.74, 6) is 2.36. The lowest BCUT2D eigenvalue weighted by molar-refractivity contribution is -0.0165. The summed E-state index contributed by atoms with van der Waals surface area (Å²) < 4.78 is 17.0. The fourth-order valence-electron chi connectivity index (χ4n) is 3.41. The summed E-state index contributed by atoms with van der Waals surface area (Å²) in [6.45, 7) is 12.0. The summed E-state index contributed by atoms with van der Waals surface area (Å²) in [6.07, 6.45) is 0.902. The van der Waals surface area contributed by atoms with Crippen LogP contribution in [0.4, 0.5) is 5.69 Å². The van der Waals surface area contributed by atoms with Gasteiger partial charge < -0.3 is 24.8 Å². The van der Waals surface area contributed by atoms with Crippen LogP contribution in [0.2, 0.25) is 0 Å². The van der Waals surface area contributed by atoms with E-state index in [0.717, 1.165) is 62.4 Å². The van der Waals surface area contributed by atoms with Crippen LogP contribution in [-0.2, 0) is 4.74 Å². The number of guanidine groups is 1. The molecule has 1 saturated heterocycles. The van der Waals surface area contributed by atoms with E-state index in [1.54, 1.807) is 0 Å². The van der Waals surface area contributed by atoms with Gasteiger partial charge in [0.05, 0.1) is 33.0 Å². The van der Waals surface area contributed by atoms with Gasteiger partial charge in [0, 0.05) is 43.3 Å². The third-order valence-electron chi connectivity index (χ3n) is 4.85. The minimum Gasteiger partial charge on any atom is -0.490 e. The van der Waals surface area contributed by atoms with Crippen molar-refractivity contribution in [3.05, 3.63) is 18.2 Å². The molecule has 2 heterocycles.